The van der Waals surface area contributed by atoms with E-state index >= 15 is 0 Å². The van der Waals surface area contributed by atoms with Gasteiger partial charge in [-0.05, 0) is 31.5 Å². The van der Waals surface area contributed by atoms with Gasteiger partial charge in [-0.25, -0.2) is 0 Å². The average Bonchev–Trinajstić information content (AvgIpc) is 2.84. The van der Waals surface area contributed by atoms with Gasteiger partial charge in [-0.1, -0.05) is 18.5 Å². The van der Waals surface area contributed by atoms with Crippen molar-refractivity contribution in [3.8, 4) is 5.75 Å². The van der Waals surface area contributed by atoms with Crippen molar-refractivity contribution in [3.05, 3.63) is 28.9 Å². The van der Waals surface area contributed by atoms with Gasteiger partial charge in [0.1, 0.15) is 18.1 Å². The van der Waals surface area contributed by atoms with Crippen molar-refractivity contribution in [2.75, 3.05) is 6.61 Å². The molecule has 4 nitrogen and oxygen atoms in total. The van der Waals surface area contributed by atoms with Crippen molar-refractivity contribution in [3.63, 3.8) is 0 Å². The zero-order valence-electron chi connectivity index (χ0n) is 11.6. The number of rotatable bonds is 3. The van der Waals surface area contributed by atoms with Gasteiger partial charge >= 0.3 is 0 Å². The molecule has 1 aliphatic heterocycles. The first-order valence-corrected chi connectivity index (χ1v) is 7.25. The summed E-state index contributed by atoms with van der Waals surface area (Å²) in [7, 11) is 0. The Morgan fingerprint density at radius 3 is 3.10 bits per heavy atom. The van der Waals surface area contributed by atoms with E-state index in [1.165, 1.54) is 0 Å². The summed E-state index contributed by atoms with van der Waals surface area (Å²) in [4.78, 5) is 12.4. The fourth-order valence-electron chi connectivity index (χ4n) is 2.50. The smallest absolute Gasteiger partial charge is 0.268 e. The second-order valence-electron chi connectivity index (χ2n) is 5.12. The van der Waals surface area contributed by atoms with E-state index in [0.29, 0.717) is 23.9 Å². The van der Waals surface area contributed by atoms with Gasteiger partial charge in [0, 0.05) is 11.4 Å². The second kappa shape index (κ2) is 5.02. The van der Waals surface area contributed by atoms with E-state index in [-0.39, 0.29) is 11.9 Å². The lowest BCUT2D eigenvalue weighted by atomic mass is 10.2. The quantitative estimate of drug-likeness (QED) is 0.944. The number of hydrogen-bond donors (Lipinski definition) is 1. The maximum Gasteiger partial charge on any atom is 0.268 e. The first-order valence-electron chi connectivity index (χ1n) is 6.87. The van der Waals surface area contributed by atoms with Gasteiger partial charge in [-0.3, -0.25) is 4.79 Å². The zero-order chi connectivity index (χ0) is 14.3. The number of aromatic nitrogens is 1. The van der Waals surface area contributed by atoms with E-state index < -0.39 is 0 Å². The zero-order valence-corrected chi connectivity index (χ0v) is 12.3. The Labute approximate surface area is 122 Å². The van der Waals surface area contributed by atoms with Gasteiger partial charge in [0.05, 0.1) is 17.1 Å². The van der Waals surface area contributed by atoms with Crippen LogP contribution in [0.3, 0.4) is 0 Å². The maximum absolute atomic E-state index is 12.4. The molecular weight excluding hydrogens is 276 g/mol. The number of carbonyl (C=O) groups excluding carboxylic acids is 1. The van der Waals surface area contributed by atoms with Crippen molar-refractivity contribution in [1.29, 1.82) is 0 Å². The minimum Gasteiger partial charge on any atom is -0.490 e. The average molecular weight is 293 g/mol. The SMILES string of the molecule is CC[C@H](C)NC(=O)c1cc2c(Cl)ccc3c2n1CCO3. The summed E-state index contributed by atoms with van der Waals surface area (Å²) in [6.07, 6.45) is 0.904. The highest BCUT2D eigenvalue weighted by atomic mass is 35.5. The fourth-order valence-corrected chi connectivity index (χ4v) is 2.70. The molecule has 1 amide bonds. The Morgan fingerprint density at radius 2 is 2.35 bits per heavy atom. The monoisotopic (exact) mass is 292 g/mol. The lowest BCUT2D eigenvalue weighted by molar-refractivity contribution is 0.0928. The van der Waals surface area contributed by atoms with Crippen molar-refractivity contribution in [2.24, 2.45) is 0 Å². The van der Waals surface area contributed by atoms with Crippen LogP contribution in [0, 0.1) is 0 Å². The van der Waals surface area contributed by atoms with E-state index in [2.05, 4.69) is 5.32 Å². The lowest BCUT2D eigenvalue weighted by Crippen LogP contribution is -2.34. The molecule has 0 fully saturated rings. The summed E-state index contributed by atoms with van der Waals surface area (Å²) in [6.45, 7) is 5.28. The number of nitrogens with zero attached hydrogens (tertiary/aromatic N) is 1. The number of benzene rings is 1. The van der Waals surface area contributed by atoms with Crippen LogP contribution in [0.15, 0.2) is 18.2 Å². The van der Waals surface area contributed by atoms with Crippen molar-refractivity contribution in [1.82, 2.24) is 9.88 Å². The van der Waals surface area contributed by atoms with Crippen LogP contribution in [0.25, 0.3) is 10.9 Å². The van der Waals surface area contributed by atoms with Crippen LogP contribution >= 0.6 is 11.6 Å². The van der Waals surface area contributed by atoms with E-state index in [9.17, 15) is 4.79 Å². The lowest BCUT2D eigenvalue weighted by Gasteiger charge is -2.19. The molecule has 1 N–H and O–H groups in total. The predicted molar refractivity (Wildman–Crippen MR) is 79.7 cm³/mol. The van der Waals surface area contributed by atoms with Gasteiger partial charge < -0.3 is 14.6 Å². The van der Waals surface area contributed by atoms with Crippen molar-refractivity contribution >= 4 is 28.4 Å². The molecule has 1 aromatic carbocycles. The van der Waals surface area contributed by atoms with Crippen molar-refractivity contribution < 1.29 is 9.53 Å². The summed E-state index contributed by atoms with van der Waals surface area (Å²) < 4.78 is 7.63. The highest BCUT2D eigenvalue weighted by Gasteiger charge is 2.23. The Balaban J connectivity index is 2.11. The Morgan fingerprint density at radius 1 is 1.55 bits per heavy atom. The molecule has 3 rings (SSSR count). The van der Waals surface area contributed by atoms with Crippen LogP contribution in [0.1, 0.15) is 30.8 Å². The topological polar surface area (TPSA) is 43.3 Å². The number of carbonyl (C=O) groups is 1. The predicted octanol–water partition coefficient (Wildman–Crippen LogP) is 3.22. The molecule has 0 unspecified atom stereocenters. The van der Waals surface area contributed by atoms with E-state index in [1.54, 1.807) is 0 Å². The van der Waals surface area contributed by atoms with Crippen LogP contribution in [0.5, 0.6) is 5.75 Å². The van der Waals surface area contributed by atoms with Gasteiger partial charge in [-0.2, -0.15) is 0 Å². The van der Waals surface area contributed by atoms with E-state index in [0.717, 1.165) is 23.1 Å². The molecular formula is C15H17ClN2O2. The third-order valence-corrected chi connectivity index (χ3v) is 4.09. The summed E-state index contributed by atoms with van der Waals surface area (Å²) in [5, 5.41) is 4.52. The minimum atomic E-state index is -0.0560. The molecule has 0 saturated carbocycles. The van der Waals surface area contributed by atoms with E-state index in [1.807, 2.05) is 36.6 Å². The molecule has 20 heavy (non-hydrogen) atoms. The molecule has 0 aliphatic carbocycles. The number of hydrogen-bond acceptors (Lipinski definition) is 2. The van der Waals surface area contributed by atoms with Crippen molar-refractivity contribution in [2.45, 2.75) is 32.9 Å². The molecule has 106 valence electrons. The summed E-state index contributed by atoms with van der Waals surface area (Å²) in [6, 6.07) is 5.68. The summed E-state index contributed by atoms with van der Waals surface area (Å²) in [5.41, 5.74) is 1.57. The molecule has 0 saturated heterocycles. The Hall–Kier alpha value is -1.68. The molecule has 2 aromatic rings. The van der Waals surface area contributed by atoms with Crippen LogP contribution < -0.4 is 10.1 Å². The number of nitrogens with one attached hydrogen (secondary N) is 1. The molecule has 1 atom stereocenters. The highest BCUT2D eigenvalue weighted by Crippen LogP contribution is 2.36. The number of halogens is 1. The summed E-state index contributed by atoms with van der Waals surface area (Å²) in [5.74, 6) is 0.734. The van der Waals surface area contributed by atoms with Crippen LogP contribution in [0.4, 0.5) is 0 Å². The third kappa shape index (κ3) is 2.04. The minimum absolute atomic E-state index is 0.0560. The largest absolute Gasteiger partial charge is 0.490 e. The molecule has 0 bridgehead atoms. The Bertz CT molecular complexity index is 678. The van der Waals surface area contributed by atoms with Crippen LogP contribution in [-0.2, 0) is 6.54 Å². The van der Waals surface area contributed by atoms with E-state index in [4.69, 9.17) is 16.3 Å². The molecule has 2 heterocycles. The third-order valence-electron chi connectivity index (χ3n) is 3.76. The van der Waals surface area contributed by atoms with Crippen LogP contribution in [0.2, 0.25) is 5.02 Å². The summed E-state index contributed by atoms with van der Waals surface area (Å²) >= 11 is 6.23. The number of amides is 1. The highest BCUT2D eigenvalue weighted by molar-refractivity contribution is 6.36. The molecule has 0 spiro atoms. The first kappa shape index (κ1) is 13.3. The molecule has 1 aromatic heterocycles. The van der Waals surface area contributed by atoms with Gasteiger partial charge in [-0.15, -0.1) is 0 Å². The Kier molecular flexibility index (Phi) is 3.34. The maximum atomic E-state index is 12.4. The fraction of sp³-hybridized carbons (Fsp3) is 0.400. The molecule has 1 aliphatic rings. The van der Waals surface area contributed by atoms with Gasteiger partial charge in [0.2, 0.25) is 0 Å². The van der Waals surface area contributed by atoms with Gasteiger partial charge in [0.25, 0.3) is 5.91 Å². The number of ether oxygens (including phenoxy) is 1. The second-order valence-corrected chi connectivity index (χ2v) is 5.53. The first-order chi connectivity index (χ1) is 9.61. The molecule has 0 radical (unpaired) electrons. The van der Waals surface area contributed by atoms with Gasteiger partial charge in [0.15, 0.2) is 0 Å². The molecule has 5 heteroatoms. The standard InChI is InChI=1S/C15H17ClN2O2/c1-3-9(2)17-15(19)12-8-10-11(16)4-5-13-14(10)18(12)6-7-20-13/h4-5,8-9H,3,6-7H2,1-2H3,(H,17,19)/t9-/m0/s1. The van der Waals surface area contributed by atoms with Crippen LogP contribution in [-0.4, -0.2) is 23.1 Å². The normalized spacial score (nSPS) is 14.9.